The molecule has 2 heterocycles. The number of likely N-dealkylation sites (tertiary alicyclic amines) is 1. The lowest BCUT2D eigenvalue weighted by Gasteiger charge is -2.24. The molecular weight excluding hydrogens is 294 g/mol. The molecule has 1 saturated heterocycles. The first kappa shape index (κ1) is 15.6. The number of aromatic nitrogens is 1. The Hall–Kier alpha value is -2.34. The van der Waals surface area contributed by atoms with Crippen LogP contribution in [0.25, 0.3) is 0 Å². The average molecular weight is 315 g/mol. The minimum absolute atomic E-state index is 0.0108. The summed E-state index contributed by atoms with van der Waals surface area (Å²) in [5.74, 6) is 1.29. The molecule has 2 N–H and O–H groups in total. The molecule has 122 valence electrons. The molecule has 0 radical (unpaired) electrons. The highest BCUT2D eigenvalue weighted by Crippen LogP contribution is 2.24. The minimum atomic E-state index is -0.0788. The number of benzene rings is 1. The molecule has 1 fully saturated rings. The summed E-state index contributed by atoms with van der Waals surface area (Å²) in [6, 6.07) is 7.32. The molecule has 0 spiro atoms. The first-order valence-electron chi connectivity index (χ1n) is 7.85. The number of anilines is 1. The molecular formula is C17H21N3O3. The smallest absolute Gasteiger partial charge is 0.256 e. The number of aliphatic hydroxyl groups is 1. The summed E-state index contributed by atoms with van der Waals surface area (Å²) in [6.07, 6.45) is 3.46. The second-order valence-electron chi connectivity index (χ2n) is 5.74. The van der Waals surface area contributed by atoms with Gasteiger partial charge in [-0.1, -0.05) is 12.1 Å². The predicted octanol–water partition coefficient (Wildman–Crippen LogP) is 2.19. The van der Waals surface area contributed by atoms with Crippen LogP contribution in [0.4, 0.5) is 5.69 Å². The van der Waals surface area contributed by atoms with Crippen LogP contribution in [0.5, 0.6) is 0 Å². The van der Waals surface area contributed by atoms with E-state index in [1.807, 2.05) is 25.1 Å². The Morgan fingerprint density at radius 2 is 2.30 bits per heavy atom. The SMILES string of the molecule is Cc1cnc(CNc2ccccc2C(=O)N2CCC[C@@H]2CO)o1. The third kappa shape index (κ3) is 3.37. The quantitative estimate of drug-likeness (QED) is 0.884. The normalized spacial score (nSPS) is 17.5. The van der Waals surface area contributed by atoms with Crippen LogP contribution in [0.3, 0.4) is 0 Å². The Bertz CT molecular complexity index is 683. The maximum absolute atomic E-state index is 12.8. The number of oxazole rings is 1. The molecule has 1 aromatic heterocycles. The van der Waals surface area contributed by atoms with Crippen LogP contribution in [0.15, 0.2) is 34.9 Å². The zero-order valence-corrected chi connectivity index (χ0v) is 13.2. The molecule has 6 nitrogen and oxygen atoms in total. The summed E-state index contributed by atoms with van der Waals surface area (Å²) >= 11 is 0. The van der Waals surface area contributed by atoms with Crippen molar-refractivity contribution in [2.75, 3.05) is 18.5 Å². The van der Waals surface area contributed by atoms with E-state index in [-0.39, 0.29) is 18.6 Å². The molecule has 1 aromatic carbocycles. The Kier molecular flexibility index (Phi) is 4.62. The number of carbonyl (C=O) groups excluding carboxylic acids is 1. The Labute approximate surface area is 135 Å². The second kappa shape index (κ2) is 6.83. The van der Waals surface area contributed by atoms with Crippen LogP contribution in [-0.2, 0) is 6.54 Å². The van der Waals surface area contributed by atoms with Gasteiger partial charge in [-0.2, -0.15) is 0 Å². The standard InChI is InChI=1S/C17H21N3O3/c1-12-9-19-16(23-12)10-18-15-7-3-2-6-14(15)17(22)20-8-4-5-13(20)11-21/h2-3,6-7,9,13,18,21H,4-5,8,10-11H2,1H3/t13-/m1/s1. The number of aryl methyl sites for hydroxylation is 1. The van der Waals surface area contributed by atoms with E-state index in [0.29, 0.717) is 24.5 Å². The summed E-state index contributed by atoms with van der Waals surface area (Å²) in [4.78, 5) is 18.7. The fourth-order valence-electron chi connectivity index (χ4n) is 2.93. The maximum atomic E-state index is 12.8. The van der Waals surface area contributed by atoms with E-state index in [9.17, 15) is 9.90 Å². The summed E-state index contributed by atoms with van der Waals surface area (Å²) in [5.41, 5.74) is 1.35. The average Bonchev–Trinajstić information content (AvgIpc) is 3.21. The van der Waals surface area contributed by atoms with E-state index in [0.717, 1.165) is 24.3 Å². The molecule has 0 saturated carbocycles. The van der Waals surface area contributed by atoms with Crippen molar-refractivity contribution in [2.45, 2.75) is 32.4 Å². The van der Waals surface area contributed by atoms with Crippen molar-refractivity contribution in [3.63, 3.8) is 0 Å². The number of rotatable bonds is 5. The molecule has 1 atom stereocenters. The van der Waals surface area contributed by atoms with Crippen molar-refractivity contribution in [1.82, 2.24) is 9.88 Å². The molecule has 23 heavy (non-hydrogen) atoms. The van der Waals surface area contributed by atoms with E-state index in [1.165, 1.54) is 0 Å². The van der Waals surface area contributed by atoms with Crippen LogP contribution < -0.4 is 5.32 Å². The molecule has 1 amide bonds. The van der Waals surface area contributed by atoms with E-state index >= 15 is 0 Å². The fourth-order valence-corrected chi connectivity index (χ4v) is 2.93. The van der Waals surface area contributed by atoms with Gasteiger partial charge >= 0.3 is 0 Å². The lowest BCUT2D eigenvalue weighted by molar-refractivity contribution is 0.0678. The number of nitrogens with one attached hydrogen (secondary N) is 1. The van der Waals surface area contributed by atoms with E-state index < -0.39 is 0 Å². The van der Waals surface area contributed by atoms with Gasteiger partial charge in [-0.3, -0.25) is 4.79 Å². The first-order valence-corrected chi connectivity index (χ1v) is 7.85. The van der Waals surface area contributed by atoms with Crippen molar-refractivity contribution in [3.05, 3.63) is 47.7 Å². The molecule has 6 heteroatoms. The van der Waals surface area contributed by atoms with Gasteiger partial charge in [0.2, 0.25) is 5.89 Å². The lowest BCUT2D eigenvalue weighted by atomic mass is 10.1. The number of aliphatic hydroxyl groups excluding tert-OH is 1. The maximum Gasteiger partial charge on any atom is 0.256 e. The number of hydrogen-bond donors (Lipinski definition) is 2. The molecule has 0 bridgehead atoms. The Balaban J connectivity index is 1.76. The molecule has 2 aromatic rings. The number of carbonyl (C=O) groups is 1. The van der Waals surface area contributed by atoms with E-state index in [1.54, 1.807) is 17.2 Å². The summed E-state index contributed by atoms with van der Waals surface area (Å²) in [7, 11) is 0. The second-order valence-corrected chi connectivity index (χ2v) is 5.74. The lowest BCUT2D eigenvalue weighted by Crippen LogP contribution is -2.37. The number of amides is 1. The Morgan fingerprint density at radius 1 is 1.48 bits per heavy atom. The highest BCUT2D eigenvalue weighted by molar-refractivity contribution is 5.99. The van der Waals surface area contributed by atoms with E-state index in [2.05, 4.69) is 10.3 Å². The Morgan fingerprint density at radius 3 is 3.04 bits per heavy atom. The van der Waals surface area contributed by atoms with Gasteiger partial charge in [0, 0.05) is 12.2 Å². The number of nitrogens with zero attached hydrogens (tertiary/aromatic N) is 2. The van der Waals surface area contributed by atoms with Crippen molar-refractivity contribution in [1.29, 1.82) is 0 Å². The summed E-state index contributed by atoms with van der Waals surface area (Å²) in [5, 5.41) is 12.6. The predicted molar refractivity (Wildman–Crippen MR) is 86.2 cm³/mol. The van der Waals surface area contributed by atoms with Gasteiger partial charge in [-0.15, -0.1) is 0 Å². The number of para-hydroxylation sites is 1. The van der Waals surface area contributed by atoms with Crippen LogP contribution in [0.2, 0.25) is 0 Å². The van der Waals surface area contributed by atoms with E-state index in [4.69, 9.17) is 4.42 Å². The van der Waals surface area contributed by atoms with Gasteiger partial charge in [0.05, 0.1) is 31.0 Å². The molecule has 0 unspecified atom stereocenters. The van der Waals surface area contributed by atoms with Crippen LogP contribution in [-0.4, -0.2) is 40.1 Å². The highest BCUT2D eigenvalue weighted by atomic mass is 16.4. The third-order valence-electron chi connectivity index (χ3n) is 4.11. The van der Waals surface area contributed by atoms with Crippen molar-refractivity contribution in [3.8, 4) is 0 Å². The monoisotopic (exact) mass is 315 g/mol. The molecule has 3 rings (SSSR count). The van der Waals surface area contributed by atoms with Gasteiger partial charge in [-0.05, 0) is 31.9 Å². The molecule has 0 aliphatic carbocycles. The molecule has 1 aliphatic heterocycles. The zero-order chi connectivity index (χ0) is 16.2. The van der Waals surface area contributed by atoms with Gasteiger partial charge in [-0.25, -0.2) is 4.98 Å². The largest absolute Gasteiger partial charge is 0.444 e. The highest BCUT2D eigenvalue weighted by Gasteiger charge is 2.29. The fraction of sp³-hybridized carbons (Fsp3) is 0.412. The summed E-state index contributed by atoms with van der Waals surface area (Å²) < 4.78 is 5.44. The van der Waals surface area contributed by atoms with Crippen molar-refractivity contribution in [2.24, 2.45) is 0 Å². The zero-order valence-electron chi connectivity index (χ0n) is 13.2. The van der Waals surface area contributed by atoms with Crippen molar-refractivity contribution >= 4 is 11.6 Å². The third-order valence-corrected chi connectivity index (χ3v) is 4.11. The van der Waals surface area contributed by atoms with Crippen LogP contribution in [0.1, 0.15) is 34.9 Å². The van der Waals surface area contributed by atoms with Crippen LogP contribution in [0, 0.1) is 6.92 Å². The van der Waals surface area contributed by atoms with Gasteiger partial charge in [0.25, 0.3) is 5.91 Å². The van der Waals surface area contributed by atoms with Crippen LogP contribution >= 0.6 is 0 Å². The van der Waals surface area contributed by atoms with Gasteiger partial charge in [0.15, 0.2) is 0 Å². The van der Waals surface area contributed by atoms with Gasteiger partial charge in [0.1, 0.15) is 5.76 Å². The molecule has 1 aliphatic rings. The summed E-state index contributed by atoms with van der Waals surface area (Å²) in [6.45, 7) is 2.96. The number of hydrogen-bond acceptors (Lipinski definition) is 5. The topological polar surface area (TPSA) is 78.6 Å². The van der Waals surface area contributed by atoms with Gasteiger partial charge < -0.3 is 19.7 Å². The first-order chi connectivity index (χ1) is 11.2. The van der Waals surface area contributed by atoms with Crippen molar-refractivity contribution < 1.29 is 14.3 Å². The minimum Gasteiger partial charge on any atom is -0.444 e.